The average Bonchev–Trinajstić information content (AvgIpc) is 2.28. The second kappa shape index (κ2) is 5.25. The van der Waals surface area contributed by atoms with E-state index >= 15 is 0 Å². The minimum Gasteiger partial charge on any atom is -0.381 e. The monoisotopic (exact) mass is 236 g/mol. The van der Waals surface area contributed by atoms with Crippen molar-refractivity contribution in [3.63, 3.8) is 0 Å². The maximum Gasteiger partial charge on any atom is 0.217 e. The van der Waals surface area contributed by atoms with Crippen LogP contribution in [0.15, 0.2) is 0 Å². The summed E-state index contributed by atoms with van der Waals surface area (Å²) in [5, 5.41) is -0.301. The molecule has 1 fully saturated rings. The number of ether oxygens (including phenoxy) is 1. The summed E-state index contributed by atoms with van der Waals surface area (Å²) in [6, 6.07) is -0.141. The Morgan fingerprint density at radius 3 is 2.47 bits per heavy atom. The number of hydrogen-bond acceptors (Lipinski definition) is 4. The molecule has 1 saturated heterocycles. The maximum absolute atomic E-state index is 12.1. The van der Waals surface area contributed by atoms with Crippen LogP contribution in [0, 0.1) is 0 Å². The topological polar surface area (TPSA) is 72.6 Å². The molecule has 2 N–H and O–H groups in total. The molecule has 90 valence electrons. The van der Waals surface area contributed by atoms with E-state index in [9.17, 15) is 8.42 Å². The lowest BCUT2D eigenvalue weighted by molar-refractivity contribution is 0.0971. The van der Waals surface area contributed by atoms with E-state index in [0.29, 0.717) is 32.6 Å². The number of sulfonamides is 1. The van der Waals surface area contributed by atoms with Crippen molar-refractivity contribution < 1.29 is 13.2 Å². The summed E-state index contributed by atoms with van der Waals surface area (Å²) in [4.78, 5) is 0. The summed E-state index contributed by atoms with van der Waals surface area (Å²) in [5.74, 6) is 0. The summed E-state index contributed by atoms with van der Waals surface area (Å²) in [6.45, 7) is 3.24. The molecule has 1 atom stereocenters. The van der Waals surface area contributed by atoms with E-state index in [1.807, 2.05) is 6.92 Å². The summed E-state index contributed by atoms with van der Waals surface area (Å²) >= 11 is 0. The Morgan fingerprint density at radius 1 is 1.47 bits per heavy atom. The molecule has 0 aromatic heterocycles. The van der Waals surface area contributed by atoms with Gasteiger partial charge in [-0.15, -0.1) is 0 Å². The lowest BCUT2D eigenvalue weighted by atomic mass is 10.2. The Balaban J connectivity index is 2.72. The molecule has 0 aliphatic carbocycles. The van der Waals surface area contributed by atoms with E-state index in [0.717, 1.165) is 0 Å². The molecule has 0 radical (unpaired) electrons. The van der Waals surface area contributed by atoms with Crippen LogP contribution in [0.2, 0.25) is 0 Å². The normalized spacial score (nSPS) is 21.9. The van der Waals surface area contributed by atoms with Crippen molar-refractivity contribution in [2.75, 3.05) is 26.8 Å². The number of likely N-dealkylation sites (N-methyl/N-ethyl adjacent to an activating group) is 1. The summed E-state index contributed by atoms with van der Waals surface area (Å²) in [7, 11) is -1.60. The number of rotatable bonds is 4. The maximum atomic E-state index is 12.1. The Labute approximate surface area is 91.6 Å². The van der Waals surface area contributed by atoms with Crippen molar-refractivity contribution in [3.8, 4) is 0 Å². The lowest BCUT2D eigenvalue weighted by Crippen LogP contribution is -2.45. The molecule has 0 saturated carbocycles. The molecule has 0 aromatic carbocycles. The molecular formula is C9H20N2O3S. The van der Waals surface area contributed by atoms with E-state index in [4.69, 9.17) is 10.5 Å². The molecule has 1 unspecified atom stereocenters. The fraction of sp³-hybridized carbons (Fsp3) is 1.00. The SMILES string of the molecule is CC(CN)N(C)S(=O)(=O)C1CCOCC1. The van der Waals surface area contributed by atoms with Crippen LogP contribution in [0.5, 0.6) is 0 Å². The minimum absolute atomic E-state index is 0.141. The first-order valence-electron chi connectivity index (χ1n) is 5.24. The second-order valence-corrected chi connectivity index (χ2v) is 6.23. The number of hydrogen-bond donors (Lipinski definition) is 1. The van der Waals surface area contributed by atoms with Crippen LogP contribution < -0.4 is 5.73 Å². The molecule has 1 aliphatic rings. The van der Waals surface area contributed by atoms with Crippen molar-refractivity contribution in [3.05, 3.63) is 0 Å². The van der Waals surface area contributed by atoms with Crippen LogP contribution in [0.4, 0.5) is 0 Å². The van der Waals surface area contributed by atoms with E-state index in [1.54, 1.807) is 7.05 Å². The van der Waals surface area contributed by atoms with Gasteiger partial charge in [-0.25, -0.2) is 12.7 Å². The van der Waals surface area contributed by atoms with Gasteiger partial charge >= 0.3 is 0 Å². The predicted molar refractivity (Wildman–Crippen MR) is 59.0 cm³/mol. The largest absolute Gasteiger partial charge is 0.381 e. The highest BCUT2D eigenvalue weighted by molar-refractivity contribution is 7.89. The first-order valence-corrected chi connectivity index (χ1v) is 6.75. The van der Waals surface area contributed by atoms with Crippen LogP contribution >= 0.6 is 0 Å². The van der Waals surface area contributed by atoms with Gasteiger partial charge in [-0.1, -0.05) is 0 Å². The quantitative estimate of drug-likeness (QED) is 0.732. The van der Waals surface area contributed by atoms with Crippen LogP contribution in [0.3, 0.4) is 0 Å². The molecule has 15 heavy (non-hydrogen) atoms. The molecule has 1 rings (SSSR count). The number of nitrogens with zero attached hydrogens (tertiary/aromatic N) is 1. The van der Waals surface area contributed by atoms with Crippen molar-refractivity contribution in [1.29, 1.82) is 0 Å². The van der Waals surface area contributed by atoms with E-state index in [-0.39, 0.29) is 11.3 Å². The highest BCUT2D eigenvalue weighted by Gasteiger charge is 2.33. The van der Waals surface area contributed by atoms with E-state index in [1.165, 1.54) is 4.31 Å². The second-order valence-electron chi connectivity index (χ2n) is 3.96. The van der Waals surface area contributed by atoms with Gasteiger partial charge in [0.15, 0.2) is 0 Å². The van der Waals surface area contributed by atoms with Gasteiger partial charge in [-0.2, -0.15) is 0 Å². The van der Waals surface area contributed by atoms with Gasteiger partial charge in [0, 0.05) is 32.8 Å². The molecule has 0 spiro atoms. The van der Waals surface area contributed by atoms with Crippen molar-refractivity contribution in [1.82, 2.24) is 4.31 Å². The molecule has 6 heteroatoms. The highest BCUT2D eigenvalue weighted by Crippen LogP contribution is 2.19. The average molecular weight is 236 g/mol. The zero-order valence-corrected chi connectivity index (χ0v) is 10.2. The standard InChI is InChI=1S/C9H20N2O3S/c1-8(7-10)11(2)15(12,13)9-3-5-14-6-4-9/h8-9H,3-7,10H2,1-2H3. The minimum atomic E-state index is -3.20. The first-order chi connectivity index (χ1) is 7.00. The van der Waals surface area contributed by atoms with Gasteiger partial charge in [0.05, 0.1) is 5.25 Å². The van der Waals surface area contributed by atoms with Gasteiger partial charge in [0.2, 0.25) is 10.0 Å². The fourth-order valence-electron chi connectivity index (χ4n) is 1.61. The van der Waals surface area contributed by atoms with Crippen molar-refractivity contribution >= 4 is 10.0 Å². The summed E-state index contributed by atoms with van der Waals surface area (Å²) in [6.07, 6.45) is 1.17. The Bertz CT molecular complexity index is 278. The molecule has 5 nitrogen and oxygen atoms in total. The van der Waals surface area contributed by atoms with Gasteiger partial charge in [0.1, 0.15) is 0 Å². The summed E-state index contributed by atoms with van der Waals surface area (Å²) in [5.41, 5.74) is 5.47. The smallest absolute Gasteiger partial charge is 0.217 e. The first kappa shape index (κ1) is 12.9. The van der Waals surface area contributed by atoms with Crippen LogP contribution in [0.25, 0.3) is 0 Å². The van der Waals surface area contributed by atoms with E-state index in [2.05, 4.69) is 0 Å². The van der Waals surface area contributed by atoms with Crippen molar-refractivity contribution in [2.24, 2.45) is 5.73 Å². The van der Waals surface area contributed by atoms with Gasteiger partial charge < -0.3 is 10.5 Å². The summed E-state index contributed by atoms with van der Waals surface area (Å²) < 4.78 is 30.7. The molecule has 0 amide bonds. The van der Waals surface area contributed by atoms with Crippen LogP contribution in [-0.4, -0.2) is 50.8 Å². The third-order valence-electron chi connectivity index (χ3n) is 2.95. The van der Waals surface area contributed by atoms with Gasteiger partial charge in [-0.05, 0) is 19.8 Å². The molecule has 0 aromatic rings. The highest BCUT2D eigenvalue weighted by atomic mass is 32.2. The van der Waals surface area contributed by atoms with Crippen LogP contribution in [0.1, 0.15) is 19.8 Å². The van der Waals surface area contributed by atoms with Crippen LogP contribution in [-0.2, 0) is 14.8 Å². The number of nitrogens with two attached hydrogens (primary N) is 1. The Kier molecular flexibility index (Phi) is 4.51. The lowest BCUT2D eigenvalue weighted by Gasteiger charge is -2.30. The fourth-order valence-corrected chi connectivity index (χ4v) is 3.45. The molecule has 1 heterocycles. The van der Waals surface area contributed by atoms with E-state index < -0.39 is 10.0 Å². The molecule has 0 bridgehead atoms. The third kappa shape index (κ3) is 2.90. The Hall–Kier alpha value is -0.170. The zero-order valence-electron chi connectivity index (χ0n) is 9.35. The zero-order chi connectivity index (χ0) is 11.5. The van der Waals surface area contributed by atoms with Gasteiger partial charge in [0.25, 0.3) is 0 Å². The van der Waals surface area contributed by atoms with Crippen molar-refractivity contribution in [2.45, 2.75) is 31.1 Å². The molecule has 1 aliphatic heterocycles. The molecular weight excluding hydrogens is 216 g/mol. The third-order valence-corrected chi connectivity index (χ3v) is 5.43. The predicted octanol–water partition coefficient (Wildman–Crippen LogP) is -0.226. The van der Waals surface area contributed by atoms with Gasteiger partial charge in [-0.3, -0.25) is 0 Å². The Morgan fingerprint density at radius 2 is 2.00 bits per heavy atom.